The molecule has 0 atom stereocenters. The molecule has 2 heteroatoms. The largest absolute Gasteiger partial charge is 0.353 e. The van der Waals surface area contributed by atoms with Crippen molar-refractivity contribution in [3.63, 3.8) is 0 Å². The molecule has 0 amide bonds. The van der Waals surface area contributed by atoms with Gasteiger partial charge in [-0.15, -0.1) is 0 Å². The molecule has 1 N–H and O–H groups in total. The molecular formula is C11H8N2. The van der Waals surface area contributed by atoms with Crippen LogP contribution in [0.25, 0.3) is 21.9 Å². The maximum absolute atomic E-state index is 4.34. The molecule has 0 radical (unpaired) electrons. The second-order valence-corrected chi connectivity index (χ2v) is 3.07. The van der Waals surface area contributed by atoms with Crippen LogP contribution in [0.15, 0.2) is 42.6 Å². The summed E-state index contributed by atoms with van der Waals surface area (Å²) >= 11 is 0. The molecule has 13 heavy (non-hydrogen) atoms. The zero-order valence-electron chi connectivity index (χ0n) is 6.99. The van der Waals surface area contributed by atoms with Crippen molar-refractivity contribution >= 4 is 21.9 Å². The van der Waals surface area contributed by atoms with Gasteiger partial charge in [-0.25, -0.2) is 0 Å². The molecule has 2 nitrogen and oxygen atoms in total. The smallest absolute Gasteiger partial charge is 0.0957 e. The lowest BCUT2D eigenvalue weighted by Gasteiger charge is -1.86. The third-order valence-corrected chi connectivity index (χ3v) is 2.26. The fourth-order valence-corrected chi connectivity index (χ4v) is 1.66. The van der Waals surface area contributed by atoms with E-state index in [1.165, 1.54) is 5.39 Å². The van der Waals surface area contributed by atoms with Gasteiger partial charge < -0.3 is 4.98 Å². The molecule has 0 aliphatic heterocycles. The van der Waals surface area contributed by atoms with E-state index in [-0.39, 0.29) is 0 Å². The van der Waals surface area contributed by atoms with Crippen molar-refractivity contribution in [2.24, 2.45) is 0 Å². The van der Waals surface area contributed by atoms with Gasteiger partial charge in [0.25, 0.3) is 0 Å². The average Bonchev–Trinajstić information content (AvgIpc) is 2.56. The molecule has 0 bridgehead atoms. The monoisotopic (exact) mass is 168 g/mol. The second kappa shape index (κ2) is 2.33. The van der Waals surface area contributed by atoms with Crippen LogP contribution in [-0.2, 0) is 0 Å². The van der Waals surface area contributed by atoms with Crippen molar-refractivity contribution in [2.45, 2.75) is 0 Å². The molecule has 0 saturated heterocycles. The molecule has 0 spiro atoms. The van der Waals surface area contributed by atoms with E-state index in [9.17, 15) is 0 Å². The topological polar surface area (TPSA) is 28.7 Å². The number of benzene rings is 1. The number of H-pyrrole nitrogens is 1. The number of fused-ring (bicyclic) bond motifs is 3. The Hall–Kier alpha value is -1.83. The predicted octanol–water partition coefficient (Wildman–Crippen LogP) is 2.72. The summed E-state index contributed by atoms with van der Waals surface area (Å²) in [4.78, 5) is 7.65. The lowest BCUT2D eigenvalue weighted by molar-refractivity contribution is 1.42. The first kappa shape index (κ1) is 6.66. The number of aromatic nitrogens is 2. The Balaban J connectivity index is 2.64. The standard InChI is InChI=1S/C11H8N2/c1-2-5-9-8(4-1)11-10(13-9)6-3-7-12-11/h1-7,13H. The first-order valence-corrected chi connectivity index (χ1v) is 4.26. The van der Waals surface area contributed by atoms with Gasteiger partial charge in [0.1, 0.15) is 0 Å². The summed E-state index contributed by atoms with van der Waals surface area (Å²) in [6.45, 7) is 0. The molecule has 0 unspecified atom stereocenters. The summed E-state index contributed by atoms with van der Waals surface area (Å²) < 4.78 is 0. The molecule has 0 aliphatic rings. The van der Waals surface area contributed by atoms with Gasteiger partial charge >= 0.3 is 0 Å². The van der Waals surface area contributed by atoms with Crippen LogP contribution in [0.4, 0.5) is 0 Å². The zero-order chi connectivity index (χ0) is 8.67. The number of nitrogens with one attached hydrogen (secondary N) is 1. The molecule has 0 aliphatic carbocycles. The van der Waals surface area contributed by atoms with Gasteiger partial charge in [0.15, 0.2) is 0 Å². The van der Waals surface area contributed by atoms with Gasteiger partial charge in [-0.3, -0.25) is 4.98 Å². The van der Waals surface area contributed by atoms with Crippen molar-refractivity contribution < 1.29 is 0 Å². The van der Waals surface area contributed by atoms with E-state index in [1.54, 1.807) is 0 Å². The lowest BCUT2D eigenvalue weighted by Crippen LogP contribution is -1.70. The third-order valence-electron chi connectivity index (χ3n) is 2.26. The lowest BCUT2D eigenvalue weighted by atomic mass is 10.2. The summed E-state index contributed by atoms with van der Waals surface area (Å²) in [6.07, 6.45) is 1.82. The van der Waals surface area contributed by atoms with Crippen LogP contribution in [-0.4, -0.2) is 9.97 Å². The number of para-hydroxylation sites is 1. The van der Waals surface area contributed by atoms with Crippen LogP contribution in [0.2, 0.25) is 0 Å². The van der Waals surface area contributed by atoms with Crippen LogP contribution in [0.3, 0.4) is 0 Å². The van der Waals surface area contributed by atoms with Crippen molar-refractivity contribution in [1.82, 2.24) is 9.97 Å². The van der Waals surface area contributed by atoms with Gasteiger partial charge in [0, 0.05) is 17.1 Å². The summed E-state index contributed by atoms with van der Waals surface area (Å²) in [6, 6.07) is 12.2. The minimum atomic E-state index is 1.05. The molecule has 2 heterocycles. The molecular weight excluding hydrogens is 160 g/mol. The van der Waals surface area contributed by atoms with E-state index >= 15 is 0 Å². The van der Waals surface area contributed by atoms with Crippen LogP contribution in [0, 0.1) is 0 Å². The maximum atomic E-state index is 4.34. The molecule has 1 aromatic carbocycles. The van der Waals surface area contributed by atoms with Gasteiger partial charge in [0.2, 0.25) is 0 Å². The number of nitrogens with zero attached hydrogens (tertiary/aromatic N) is 1. The number of rotatable bonds is 0. The fourth-order valence-electron chi connectivity index (χ4n) is 1.66. The first-order chi connectivity index (χ1) is 6.45. The Kier molecular flexibility index (Phi) is 1.19. The highest BCUT2D eigenvalue weighted by Crippen LogP contribution is 2.22. The molecule has 3 rings (SSSR count). The van der Waals surface area contributed by atoms with Crippen LogP contribution in [0.1, 0.15) is 0 Å². The quantitative estimate of drug-likeness (QED) is 0.549. The Labute approximate surface area is 75.2 Å². The van der Waals surface area contributed by atoms with Crippen molar-refractivity contribution in [1.29, 1.82) is 0 Å². The highest BCUT2D eigenvalue weighted by molar-refractivity contribution is 6.04. The summed E-state index contributed by atoms with van der Waals surface area (Å²) in [5.41, 5.74) is 3.30. The predicted molar refractivity (Wildman–Crippen MR) is 53.6 cm³/mol. The van der Waals surface area contributed by atoms with E-state index < -0.39 is 0 Å². The van der Waals surface area contributed by atoms with E-state index in [0.29, 0.717) is 0 Å². The van der Waals surface area contributed by atoms with Gasteiger partial charge in [0.05, 0.1) is 11.0 Å². The summed E-state index contributed by atoms with van der Waals surface area (Å²) in [5.74, 6) is 0. The Morgan fingerprint density at radius 2 is 1.77 bits per heavy atom. The zero-order valence-corrected chi connectivity index (χ0v) is 6.99. The van der Waals surface area contributed by atoms with Crippen molar-refractivity contribution in [2.75, 3.05) is 0 Å². The van der Waals surface area contributed by atoms with Gasteiger partial charge in [-0.1, -0.05) is 18.2 Å². The summed E-state index contributed by atoms with van der Waals surface area (Å²) in [7, 11) is 0. The normalized spacial score (nSPS) is 11.1. The van der Waals surface area contributed by atoms with E-state index in [2.05, 4.69) is 22.1 Å². The molecule has 3 aromatic rings. The fraction of sp³-hybridized carbons (Fsp3) is 0. The third kappa shape index (κ3) is 0.855. The van der Waals surface area contributed by atoms with Gasteiger partial charge in [-0.2, -0.15) is 0 Å². The Morgan fingerprint density at radius 3 is 2.77 bits per heavy atom. The molecule has 0 saturated carbocycles. The number of pyridine rings is 1. The minimum Gasteiger partial charge on any atom is -0.353 e. The van der Waals surface area contributed by atoms with Crippen molar-refractivity contribution in [3.8, 4) is 0 Å². The van der Waals surface area contributed by atoms with Crippen molar-refractivity contribution in [3.05, 3.63) is 42.6 Å². The molecule has 62 valence electrons. The SMILES string of the molecule is c1ccc2c(c1)[nH]c1cccnc12. The van der Waals surface area contributed by atoms with E-state index in [4.69, 9.17) is 0 Å². The molecule has 0 fully saturated rings. The first-order valence-electron chi connectivity index (χ1n) is 4.26. The maximum Gasteiger partial charge on any atom is 0.0957 e. The molecule has 2 aromatic heterocycles. The second-order valence-electron chi connectivity index (χ2n) is 3.07. The average molecular weight is 168 g/mol. The Bertz CT molecular complexity index is 516. The van der Waals surface area contributed by atoms with Crippen LogP contribution in [0.5, 0.6) is 0 Å². The van der Waals surface area contributed by atoms with E-state index in [1.807, 2.05) is 30.5 Å². The Morgan fingerprint density at radius 1 is 0.923 bits per heavy atom. The number of hydrogen-bond donors (Lipinski definition) is 1. The van der Waals surface area contributed by atoms with E-state index in [0.717, 1.165) is 16.6 Å². The number of aromatic amines is 1. The highest BCUT2D eigenvalue weighted by Gasteiger charge is 2.01. The minimum absolute atomic E-state index is 1.05. The summed E-state index contributed by atoms with van der Waals surface area (Å²) in [5, 5.41) is 1.19. The highest BCUT2D eigenvalue weighted by atomic mass is 14.8. The van der Waals surface area contributed by atoms with Crippen LogP contribution < -0.4 is 0 Å². The van der Waals surface area contributed by atoms with Crippen LogP contribution >= 0.6 is 0 Å². The van der Waals surface area contributed by atoms with Gasteiger partial charge in [-0.05, 0) is 18.2 Å². The number of hydrogen-bond acceptors (Lipinski definition) is 1.